The van der Waals surface area contributed by atoms with Gasteiger partial charge in [0.05, 0.1) is 5.69 Å². The summed E-state index contributed by atoms with van der Waals surface area (Å²) in [5.74, 6) is -0.268. The van der Waals surface area contributed by atoms with E-state index in [4.69, 9.17) is 16.3 Å². The van der Waals surface area contributed by atoms with Crippen molar-refractivity contribution in [2.45, 2.75) is 6.73 Å². The Balaban J connectivity index is 1.66. The minimum Gasteiger partial charge on any atom is -0.471 e. The van der Waals surface area contributed by atoms with Crippen LogP contribution in [0.2, 0.25) is 5.02 Å². The highest BCUT2D eigenvalue weighted by Gasteiger charge is 2.18. The quantitative estimate of drug-likeness (QED) is 0.671. The molecule has 140 valence electrons. The largest absolute Gasteiger partial charge is 0.471 e. The second-order valence-corrected chi connectivity index (χ2v) is 6.01. The lowest BCUT2D eigenvalue weighted by molar-refractivity contribution is 0.0958. The molecule has 2 aromatic heterocycles. The molecule has 2 amide bonds. The molecule has 0 saturated heterocycles. The maximum absolute atomic E-state index is 12.4. The summed E-state index contributed by atoms with van der Waals surface area (Å²) < 4.78 is 8.48. The zero-order valence-corrected chi connectivity index (χ0v) is 15.4. The summed E-state index contributed by atoms with van der Waals surface area (Å²) in [6.07, 6.45) is 3.16. The summed E-state index contributed by atoms with van der Waals surface area (Å²) >= 11 is 5.91. The van der Waals surface area contributed by atoms with Crippen LogP contribution in [0, 0.1) is 0 Å². The standard InChI is InChI=1S/C17H17ClN6O3/c1-19-17(26)15-14(9-23(2)22-15)20-16(25)13-6-7-24(21-13)10-27-12-5-3-4-11(18)8-12/h3-9H,10H2,1-2H3,(H,19,26)(H,20,25). The van der Waals surface area contributed by atoms with E-state index in [1.54, 1.807) is 49.8 Å². The molecular weight excluding hydrogens is 372 g/mol. The van der Waals surface area contributed by atoms with Crippen molar-refractivity contribution >= 4 is 29.1 Å². The number of hydrogen-bond acceptors (Lipinski definition) is 5. The fourth-order valence-electron chi connectivity index (χ4n) is 2.30. The third-order valence-corrected chi connectivity index (χ3v) is 3.79. The number of carbonyl (C=O) groups excluding carboxylic acids is 2. The Hall–Kier alpha value is -3.33. The lowest BCUT2D eigenvalue weighted by Crippen LogP contribution is -2.21. The van der Waals surface area contributed by atoms with Crippen LogP contribution in [0.25, 0.3) is 0 Å². The maximum Gasteiger partial charge on any atom is 0.276 e. The predicted molar refractivity (Wildman–Crippen MR) is 98.9 cm³/mol. The molecule has 0 aliphatic rings. The van der Waals surface area contributed by atoms with Gasteiger partial charge in [0.15, 0.2) is 18.1 Å². The lowest BCUT2D eigenvalue weighted by Gasteiger charge is -2.06. The van der Waals surface area contributed by atoms with Gasteiger partial charge in [0.25, 0.3) is 11.8 Å². The van der Waals surface area contributed by atoms with E-state index in [1.165, 1.54) is 16.4 Å². The molecule has 0 saturated carbocycles. The number of ether oxygens (including phenoxy) is 1. The molecule has 0 spiro atoms. The first-order valence-corrected chi connectivity index (χ1v) is 8.33. The summed E-state index contributed by atoms with van der Waals surface area (Å²) in [7, 11) is 3.15. The van der Waals surface area contributed by atoms with E-state index < -0.39 is 11.8 Å². The van der Waals surface area contributed by atoms with Crippen LogP contribution < -0.4 is 15.4 Å². The number of anilines is 1. The number of halogens is 1. The van der Waals surface area contributed by atoms with Crippen molar-refractivity contribution in [1.29, 1.82) is 0 Å². The molecule has 0 fully saturated rings. The summed E-state index contributed by atoms with van der Waals surface area (Å²) in [5, 5.41) is 13.9. The van der Waals surface area contributed by atoms with Gasteiger partial charge in [0, 0.05) is 31.5 Å². The topological polar surface area (TPSA) is 103 Å². The van der Waals surface area contributed by atoms with Crippen molar-refractivity contribution in [3.8, 4) is 5.75 Å². The van der Waals surface area contributed by atoms with Crippen LogP contribution in [-0.4, -0.2) is 38.4 Å². The Morgan fingerprint density at radius 2 is 2.04 bits per heavy atom. The Kier molecular flexibility index (Phi) is 5.41. The molecule has 2 N–H and O–H groups in total. The molecule has 3 aromatic rings. The second-order valence-electron chi connectivity index (χ2n) is 5.57. The molecule has 0 atom stereocenters. The maximum atomic E-state index is 12.4. The lowest BCUT2D eigenvalue weighted by atomic mass is 10.3. The van der Waals surface area contributed by atoms with E-state index in [0.717, 1.165) is 0 Å². The highest BCUT2D eigenvalue weighted by atomic mass is 35.5. The Morgan fingerprint density at radius 3 is 2.78 bits per heavy atom. The van der Waals surface area contributed by atoms with Gasteiger partial charge in [-0.3, -0.25) is 14.3 Å². The van der Waals surface area contributed by atoms with Crippen LogP contribution in [0.3, 0.4) is 0 Å². The summed E-state index contributed by atoms with van der Waals surface area (Å²) in [6.45, 7) is 0.115. The highest BCUT2D eigenvalue weighted by molar-refractivity contribution is 6.30. The zero-order chi connectivity index (χ0) is 19.4. The van der Waals surface area contributed by atoms with Gasteiger partial charge in [-0.2, -0.15) is 10.2 Å². The second kappa shape index (κ2) is 7.92. The van der Waals surface area contributed by atoms with Crippen molar-refractivity contribution in [1.82, 2.24) is 24.9 Å². The van der Waals surface area contributed by atoms with Gasteiger partial charge < -0.3 is 15.4 Å². The molecule has 0 radical (unpaired) electrons. The van der Waals surface area contributed by atoms with Crippen LogP contribution in [0.4, 0.5) is 5.69 Å². The van der Waals surface area contributed by atoms with Crippen molar-refractivity contribution in [2.75, 3.05) is 12.4 Å². The monoisotopic (exact) mass is 388 g/mol. The van der Waals surface area contributed by atoms with Crippen LogP contribution >= 0.6 is 11.6 Å². The molecule has 9 nitrogen and oxygen atoms in total. The van der Waals surface area contributed by atoms with E-state index in [2.05, 4.69) is 20.8 Å². The SMILES string of the molecule is CNC(=O)c1nn(C)cc1NC(=O)c1ccn(COc2cccc(Cl)c2)n1. The normalized spacial score (nSPS) is 10.5. The first kappa shape index (κ1) is 18.5. The summed E-state index contributed by atoms with van der Waals surface area (Å²) in [5.41, 5.74) is 0.597. The summed E-state index contributed by atoms with van der Waals surface area (Å²) in [6, 6.07) is 8.52. The van der Waals surface area contributed by atoms with Gasteiger partial charge in [0.1, 0.15) is 5.75 Å². The van der Waals surface area contributed by atoms with Crippen molar-refractivity contribution in [2.24, 2.45) is 7.05 Å². The van der Waals surface area contributed by atoms with Crippen LogP contribution in [-0.2, 0) is 13.8 Å². The highest BCUT2D eigenvalue weighted by Crippen LogP contribution is 2.17. The van der Waals surface area contributed by atoms with Crippen LogP contribution in [0.15, 0.2) is 42.7 Å². The molecule has 0 aliphatic heterocycles. The molecule has 1 aromatic carbocycles. The van der Waals surface area contributed by atoms with Gasteiger partial charge in [-0.05, 0) is 24.3 Å². The van der Waals surface area contributed by atoms with E-state index in [0.29, 0.717) is 16.5 Å². The van der Waals surface area contributed by atoms with E-state index >= 15 is 0 Å². The zero-order valence-electron chi connectivity index (χ0n) is 14.6. The number of nitrogens with zero attached hydrogens (tertiary/aromatic N) is 4. The Bertz CT molecular complexity index is 981. The number of amides is 2. The summed E-state index contributed by atoms with van der Waals surface area (Å²) in [4.78, 5) is 24.2. The van der Waals surface area contributed by atoms with Crippen molar-refractivity contribution in [3.05, 3.63) is 59.1 Å². The minimum absolute atomic E-state index is 0.115. The first-order valence-electron chi connectivity index (χ1n) is 7.95. The molecule has 0 aliphatic carbocycles. The third kappa shape index (κ3) is 4.45. The van der Waals surface area contributed by atoms with Gasteiger partial charge in [-0.1, -0.05) is 17.7 Å². The van der Waals surface area contributed by atoms with Gasteiger partial charge in [-0.25, -0.2) is 4.68 Å². The average molecular weight is 389 g/mol. The molecular formula is C17H17ClN6O3. The van der Waals surface area contributed by atoms with E-state index in [9.17, 15) is 9.59 Å². The number of aryl methyl sites for hydroxylation is 1. The Labute approximate surface area is 159 Å². The van der Waals surface area contributed by atoms with Crippen molar-refractivity contribution < 1.29 is 14.3 Å². The number of hydrogen-bond donors (Lipinski definition) is 2. The number of benzene rings is 1. The van der Waals surface area contributed by atoms with Gasteiger partial charge in [-0.15, -0.1) is 0 Å². The first-order chi connectivity index (χ1) is 13.0. The minimum atomic E-state index is -0.463. The molecule has 2 heterocycles. The predicted octanol–water partition coefficient (Wildman–Crippen LogP) is 1.92. The van der Waals surface area contributed by atoms with E-state index in [-0.39, 0.29) is 18.1 Å². The number of rotatable bonds is 6. The van der Waals surface area contributed by atoms with Crippen LogP contribution in [0.5, 0.6) is 5.75 Å². The fraction of sp³-hybridized carbons (Fsp3) is 0.176. The number of aromatic nitrogens is 4. The number of nitrogens with one attached hydrogen (secondary N) is 2. The van der Waals surface area contributed by atoms with Crippen LogP contribution in [0.1, 0.15) is 21.0 Å². The van der Waals surface area contributed by atoms with Crippen molar-refractivity contribution in [3.63, 3.8) is 0 Å². The molecule has 0 unspecified atom stereocenters. The smallest absolute Gasteiger partial charge is 0.276 e. The molecule has 27 heavy (non-hydrogen) atoms. The number of carbonyl (C=O) groups is 2. The van der Waals surface area contributed by atoms with E-state index in [1.807, 2.05) is 0 Å². The Morgan fingerprint density at radius 1 is 1.22 bits per heavy atom. The molecule has 10 heteroatoms. The van der Waals surface area contributed by atoms with Gasteiger partial charge >= 0.3 is 0 Å². The fourth-order valence-corrected chi connectivity index (χ4v) is 2.48. The third-order valence-electron chi connectivity index (χ3n) is 3.55. The molecule has 3 rings (SSSR count). The average Bonchev–Trinajstić information content (AvgIpc) is 3.26. The van der Waals surface area contributed by atoms with Gasteiger partial charge in [0.2, 0.25) is 0 Å². The molecule has 0 bridgehead atoms.